The van der Waals surface area contributed by atoms with E-state index >= 15 is 0 Å². The number of hydrogen-bond donors (Lipinski definition) is 4. The Labute approximate surface area is 226 Å². The number of hydrogen-bond acceptors (Lipinski definition) is 6. The number of carbonyl (C=O) groups excluding carboxylic acids is 2. The van der Waals surface area contributed by atoms with Crippen molar-refractivity contribution >= 4 is 22.8 Å². The molecule has 9 nitrogen and oxygen atoms in total. The SMILES string of the molecule is Cc1[nH]c2c(-c3cc(C(F)(F)F)ccc3OCC3CC3)ncnc2c1C(=O)NC1CC(NC(=O)[C@H](C)O)CC1F. The van der Waals surface area contributed by atoms with Crippen LogP contribution in [0.15, 0.2) is 24.5 Å². The smallest absolute Gasteiger partial charge is 0.416 e. The molecule has 0 aliphatic heterocycles. The molecule has 5 rings (SSSR count). The van der Waals surface area contributed by atoms with Gasteiger partial charge in [-0.25, -0.2) is 14.4 Å². The third-order valence-electron chi connectivity index (χ3n) is 7.26. The maximum atomic E-state index is 14.7. The Balaban J connectivity index is 1.45. The van der Waals surface area contributed by atoms with Gasteiger partial charge in [-0.3, -0.25) is 9.59 Å². The highest BCUT2D eigenvalue weighted by Crippen LogP contribution is 2.40. The summed E-state index contributed by atoms with van der Waals surface area (Å²) < 4.78 is 61.4. The lowest BCUT2D eigenvalue weighted by molar-refractivity contribution is -0.137. The summed E-state index contributed by atoms with van der Waals surface area (Å²) in [6.45, 7) is 3.27. The van der Waals surface area contributed by atoms with E-state index in [1.54, 1.807) is 6.92 Å². The van der Waals surface area contributed by atoms with E-state index in [2.05, 4.69) is 25.6 Å². The van der Waals surface area contributed by atoms with Crippen LogP contribution >= 0.6 is 0 Å². The molecule has 2 amide bonds. The first-order valence-corrected chi connectivity index (χ1v) is 13.0. The van der Waals surface area contributed by atoms with Gasteiger partial charge < -0.3 is 25.5 Å². The fourth-order valence-electron chi connectivity index (χ4n) is 4.93. The Morgan fingerprint density at radius 1 is 1.20 bits per heavy atom. The van der Waals surface area contributed by atoms with Gasteiger partial charge in [0.1, 0.15) is 35.6 Å². The monoisotopic (exact) mass is 563 g/mol. The van der Waals surface area contributed by atoms with Gasteiger partial charge in [-0.15, -0.1) is 0 Å². The molecule has 40 heavy (non-hydrogen) atoms. The van der Waals surface area contributed by atoms with E-state index in [4.69, 9.17) is 4.74 Å². The number of aliphatic hydroxyl groups excluding tert-OH is 1. The van der Waals surface area contributed by atoms with E-state index in [9.17, 15) is 32.3 Å². The fraction of sp³-hybridized carbons (Fsp3) is 0.481. The second-order valence-corrected chi connectivity index (χ2v) is 10.5. The summed E-state index contributed by atoms with van der Waals surface area (Å²) in [7, 11) is 0. The number of H-pyrrole nitrogens is 1. The Hall–Kier alpha value is -3.74. The van der Waals surface area contributed by atoms with Crippen LogP contribution in [0.3, 0.4) is 0 Å². The largest absolute Gasteiger partial charge is 0.493 e. The van der Waals surface area contributed by atoms with Crippen molar-refractivity contribution in [2.45, 2.75) is 70.1 Å². The zero-order valence-electron chi connectivity index (χ0n) is 21.8. The predicted octanol–water partition coefficient (Wildman–Crippen LogP) is 3.84. The molecule has 2 saturated carbocycles. The van der Waals surface area contributed by atoms with E-state index in [1.807, 2.05) is 0 Å². The van der Waals surface area contributed by atoms with Gasteiger partial charge >= 0.3 is 6.18 Å². The number of amides is 2. The van der Waals surface area contributed by atoms with Crippen molar-refractivity contribution in [3.05, 3.63) is 41.3 Å². The van der Waals surface area contributed by atoms with Gasteiger partial charge in [0.25, 0.3) is 5.91 Å². The molecule has 13 heteroatoms. The molecule has 2 aliphatic carbocycles. The number of ether oxygens (including phenoxy) is 1. The summed E-state index contributed by atoms with van der Waals surface area (Å²) in [5.41, 5.74) is 0.246. The summed E-state index contributed by atoms with van der Waals surface area (Å²) >= 11 is 0. The number of nitrogens with one attached hydrogen (secondary N) is 3. The predicted molar refractivity (Wildman–Crippen MR) is 136 cm³/mol. The van der Waals surface area contributed by atoms with Gasteiger partial charge in [0.2, 0.25) is 5.91 Å². The number of halogens is 4. The van der Waals surface area contributed by atoms with Crippen molar-refractivity contribution in [2.75, 3.05) is 6.61 Å². The summed E-state index contributed by atoms with van der Waals surface area (Å²) in [5, 5.41) is 14.6. The molecule has 3 unspecified atom stereocenters. The van der Waals surface area contributed by atoms with Crippen molar-refractivity contribution in [3.8, 4) is 17.0 Å². The van der Waals surface area contributed by atoms with Crippen molar-refractivity contribution in [1.82, 2.24) is 25.6 Å². The van der Waals surface area contributed by atoms with Crippen molar-refractivity contribution in [3.63, 3.8) is 0 Å². The number of aryl methyl sites for hydroxylation is 1. The molecule has 214 valence electrons. The molecule has 1 aromatic carbocycles. The lowest BCUT2D eigenvalue weighted by Gasteiger charge is -2.16. The zero-order valence-corrected chi connectivity index (χ0v) is 21.8. The topological polar surface area (TPSA) is 129 Å². The molecule has 2 aliphatic rings. The Morgan fingerprint density at radius 3 is 2.62 bits per heavy atom. The lowest BCUT2D eigenvalue weighted by Crippen LogP contribution is -2.41. The van der Waals surface area contributed by atoms with Gasteiger partial charge in [-0.2, -0.15) is 13.2 Å². The van der Waals surface area contributed by atoms with E-state index in [1.165, 1.54) is 13.0 Å². The molecule has 2 fully saturated rings. The van der Waals surface area contributed by atoms with Gasteiger partial charge in [0, 0.05) is 23.7 Å². The second kappa shape index (κ2) is 10.7. The van der Waals surface area contributed by atoms with Crippen LogP contribution in [0.1, 0.15) is 54.2 Å². The summed E-state index contributed by atoms with van der Waals surface area (Å²) in [6, 6.07) is 1.73. The van der Waals surface area contributed by atoms with Crippen LogP contribution in [-0.4, -0.2) is 62.8 Å². The molecule has 2 heterocycles. The Bertz CT molecular complexity index is 1440. The first-order valence-electron chi connectivity index (χ1n) is 13.0. The number of aromatic amines is 1. The summed E-state index contributed by atoms with van der Waals surface area (Å²) in [6.07, 6.45) is -4.03. The van der Waals surface area contributed by atoms with Crippen LogP contribution in [0.4, 0.5) is 17.6 Å². The number of aliphatic hydroxyl groups is 1. The third kappa shape index (κ3) is 5.74. The number of nitrogens with zero attached hydrogens (tertiary/aromatic N) is 2. The van der Waals surface area contributed by atoms with E-state index < -0.39 is 47.9 Å². The van der Waals surface area contributed by atoms with Crippen LogP contribution in [0.2, 0.25) is 0 Å². The summed E-state index contributed by atoms with van der Waals surface area (Å²) in [4.78, 5) is 36.6. The van der Waals surface area contributed by atoms with Gasteiger partial charge in [0.05, 0.1) is 29.3 Å². The number of alkyl halides is 4. The minimum Gasteiger partial charge on any atom is -0.493 e. The number of aromatic nitrogens is 3. The Morgan fingerprint density at radius 2 is 1.95 bits per heavy atom. The lowest BCUT2D eigenvalue weighted by atomic mass is 10.0. The maximum absolute atomic E-state index is 14.7. The van der Waals surface area contributed by atoms with Gasteiger partial charge in [0.15, 0.2) is 0 Å². The number of carbonyl (C=O) groups is 2. The molecule has 0 saturated heterocycles. The minimum absolute atomic E-state index is 0.0260. The first-order chi connectivity index (χ1) is 18.9. The number of rotatable bonds is 8. The van der Waals surface area contributed by atoms with Crippen molar-refractivity contribution in [1.29, 1.82) is 0 Å². The normalized spacial score (nSPS) is 21.8. The third-order valence-corrected chi connectivity index (χ3v) is 7.26. The molecular formula is C27H29F4N5O4. The van der Waals surface area contributed by atoms with Crippen LogP contribution in [0, 0.1) is 12.8 Å². The number of benzene rings is 1. The minimum atomic E-state index is -4.59. The molecule has 0 spiro atoms. The zero-order chi connectivity index (χ0) is 28.8. The molecule has 3 aromatic rings. The van der Waals surface area contributed by atoms with Crippen LogP contribution in [0.5, 0.6) is 5.75 Å². The van der Waals surface area contributed by atoms with E-state index in [0.717, 1.165) is 31.3 Å². The number of fused-ring (bicyclic) bond motifs is 1. The highest BCUT2D eigenvalue weighted by atomic mass is 19.4. The van der Waals surface area contributed by atoms with Crippen LogP contribution < -0.4 is 15.4 Å². The molecule has 4 atom stereocenters. The molecular weight excluding hydrogens is 534 g/mol. The average Bonchev–Trinajstić information content (AvgIpc) is 3.57. The standard InChI is InChI=1S/C27H29F4N5O4/c1-12-21(26(39)36-19-9-16(8-18(19)28)35-25(38)13(2)37)23-24(34-12)22(32-11-33-23)17-7-15(27(29,30)31)5-6-20(17)40-10-14-3-4-14/h5-7,11,13-14,16,18-19,34,37H,3-4,8-10H2,1-2H3,(H,35,38)(H,36,39)/t13-,16?,18?,19?/m0/s1. The van der Waals surface area contributed by atoms with Gasteiger partial charge in [-0.05, 0) is 57.2 Å². The van der Waals surface area contributed by atoms with Crippen LogP contribution in [-0.2, 0) is 11.0 Å². The highest BCUT2D eigenvalue weighted by Gasteiger charge is 2.38. The molecule has 0 radical (unpaired) electrons. The summed E-state index contributed by atoms with van der Waals surface area (Å²) in [5.74, 6) is -0.665. The van der Waals surface area contributed by atoms with Crippen molar-refractivity contribution in [2.24, 2.45) is 5.92 Å². The molecule has 2 aromatic heterocycles. The average molecular weight is 564 g/mol. The van der Waals surface area contributed by atoms with Gasteiger partial charge in [-0.1, -0.05) is 0 Å². The first kappa shape index (κ1) is 27.8. The van der Waals surface area contributed by atoms with Crippen LogP contribution in [0.25, 0.3) is 22.3 Å². The molecule has 4 N–H and O–H groups in total. The maximum Gasteiger partial charge on any atom is 0.416 e. The molecule has 0 bridgehead atoms. The fourth-order valence-corrected chi connectivity index (χ4v) is 4.93. The van der Waals surface area contributed by atoms with E-state index in [-0.39, 0.29) is 46.4 Å². The Kier molecular flexibility index (Phi) is 7.42. The second-order valence-electron chi connectivity index (χ2n) is 10.5. The van der Waals surface area contributed by atoms with Crippen molar-refractivity contribution < 1.29 is 37.0 Å². The highest BCUT2D eigenvalue weighted by molar-refractivity contribution is 6.09. The quantitative estimate of drug-likeness (QED) is 0.309. The van der Waals surface area contributed by atoms with E-state index in [0.29, 0.717) is 18.2 Å².